The predicted molar refractivity (Wildman–Crippen MR) is 81.9 cm³/mol. The van der Waals surface area contributed by atoms with Crippen molar-refractivity contribution in [2.45, 2.75) is 25.7 Å². The molecule has 1 aromatic carbocycles. The van der Waals surface area contributed by atoms with Gasteiger partial charge in [-0.15, -0.1) is 0 Å². The summed E-state index contributed by atoms with van der Waals surface area (Å²) in [5.74, 6) is -0.593. The molecule has 5 nitrogen and oxygen atoms in total. The lowest BCUT2D eigenvalue weighted by atomic mass is 9.94. The molecule has 0 aromatic heterocycles. The first kappa shape index (κ1) is 15.8. The SMILES string of the molecule is O=C(CCC1CCCNC1)Nc1ccc(C(=O)O)c(Cl)c1. The molecule has 114 valence electrons. The van der Waals surface area contributed by atoms with Gasteiger partial charge in [-0.25, -0.2) is 4.79 Å². The molecule has 1 amide bonds. The van der Waals surface area contributed by atoms with Crippen LogP contribution in [0.4, 0.5) is 5.69 Å². The molecule has 0 saturated carbocycles. The van der Waals surface area contributed by atoms with E-state index in [0.717, 1.165) is 19.5 Å². The van der Waals surface area contributed by atoms with Crippen molar-refractivity contribution in [1.82, 2.24) is 5.32 Å². The highest BCUT2D eigenvalue weighted by Gasteiger charge is 2.15. The van der Waals surface area contributed by atoms with Crippen molar-refractivity contribution in [2.75, 3.05) is 18.4 Å². The second-order valence-corrected chi connectivity index (χ2v) is 5.71. The van der Waals surface area contributed by atoms with Crippen molar-refractivity contribution in [3.05, 3.63) is 28.8 Å². The molecule has 0 bridgehead atoms. The zero-order valence-corrected chi connectivity index (χ0v) is 12.4. The zero-order chi connectivity index (χ0) is 15.2. The van der Waals surface area contributed by atoms with Gasteiger partial charge in [0.05, 0.1) is 10.6 Å². The van der Waals surface area contributed by atoms with Crippen LogP contribution < -0.4 is 10.6 Å². The van der Waals surface area contributed by atoms with Crippen LogP contribution in [0.2, 0.25) is 5.02 Å². The van der Waals surface area contributed by atoms with E-state index in [1.165, 1.54) is 25.0 Å². The molecule has 1 atom stereocenters. The van der Waals surface area contributed by atoms with Crippen LogP contribution in [0.1, 0.15) is 36.0 Å². The largest absolute Gasteiger partial charge is 0.478 e. The Labute approximate surface area is 128 Å². The van der Waals surface area contributed by atoms with Gasteiger partial charge in [0, 0.05) is 12.1 Å². The van der Waals surface area contributed by atoms with E-state index in [1.54, 1.807) is 6.07 Å². The molecule has 1 aliphatic rings. The van der Waals surface area contributed by atoms with Crippen molar-refractivity contribution < 1.29 is 14.7 Å². The number of rotatable bonds is 5. The van der Waals surface area contributed by atoms with Crippen molar-refractivity contribution in [3.63, 3.8) is 0 Å². The molecule has 6 heteroatoms. The van der Waals surface area contributed by atoms with Crippen LogP contribution in [-0.4, -0.2) is 30.1 Å². The molecule has 1 fully saturated rings. The first-order chi connectivity index (χ1) is 10.1. The fourth-order valence-electron chi connectivity index (χ4n) is 2.50. The fraction of sp³-hybridized carbons (Fsp3) is 0.467. The first-order valence-electron chi connectivity index (χ1n) is 7.09. The van der Waals surface area contributed by atoms with Gasteiger partial charge in [0.15, 0.2) is 0 Å². The molecule has 21 heavy (non-hydrogen) atoms. The van der Waals surface area contributed by atoms with Gasteiger partial charge >= 0.3 is 5.97 Å². The second kappa shape index (κ2) is 7.43. The number of carboxylic acid groups (broad SMARTS) is 1. The molecule has 1 heterocycles. The van der Waals surface area contributed by atoms with Crippen LogP contribution >= 0.6 is 11.6 Å². The number of carbonyl (C=O) groups is 2. The Morgan fingerprint density at radius 2 is 2.24 bits per heavy atom. The maximum atomic E-state index is 11.9. The molecular formula is C15H19ClN2O3. The molecule has 0 radical (unpaired) electrons. The van der Waals surface area contributed by atoms with Gasteiger partial charge in [-0.3, -0.25) is 4.79 Å². The summed E-state index contributed by atoms with van der Waals surface area (Å²) >= 11 is 5.87. The average molecular weight is 311 g/mol. The quantitative estimate of drug-likeness (QED) is 0.781. The van der Waals surface area contributed by atoms with Crippen molar-refractivity contribution in [2.24, 2.45) is 5.92 Å². The van der Waals surface area contributed by atoms with Gasteiger partial charge in [0.1, 0.15) is 0 Å². The lowest BCUT2D eigenvalue weighted by Crippen LogP contribution is -2.30. The van der Waals surface area contributed by atoms with Crippen molar-refractivity contribution in [3.8, 4) is 0 Å². The monoisotopic (exact) mass is 310 g/mol. The number of benzene rings is 1. The normalized spacial score (nSPS) is 18.2. The molecular weight excluding hydrogens is 292 g/mol. The van der Waals surface area contributed by atoms with Crippen LogP contribution in [0.25, 0.3) is 0 Å². The Morgan fingerprint density at radius 3 is 2.86 bits per heavy atom. The Morgan fingerprint density at radius 1 is 1.43 bits per heavy atom. The highest BCUT2D eigenvalue weighted by atomic mass is 35.5. The summed E-state index contributed by atoms with van der Waals surface area (Å²) in [4.78, 5) is 22.7. The summed E-state index contributed by atoms with van der Waals surface area (Å²) in [6.45, 7) is 2.05. The lowest BCUT2D eigenvalue weighted by molar-refractivity contribution is -0.116. The molecule has 2 rings (SSSR count). The third-order valence-corrected chi connectivity index (χ3v) is 3.97. The molecule has 0 aliphatic carbocycles. The molecule has 1 saturated heterocycles. The zero-order valence-electron chi connectivity index (χ0n) is 11.7. The maximum absolute atomic E-state index is 11.9. The Kier molecular flexibility index (Phi) is 5.59. The van der Waals surface area contributed by atoms with E-state index in [-0.39, 0.29) is 16.5 Å². The Hall–Kier alpha value is -1.59. The minimum absolute atomic E-state index is 0.0305. The second-order valence-electron chi connectivity index (χ2n) is 5.30. The standard InChI is InChI=1S/C15H19ClN2O3/c16-13-8-11(4-5-12(13)15(20)21)18-14(19)6-3-10-2-1-7-17-9-10/h4-5,8,10,17H,1-3,6-7,9H2,(H,18,19)(H,20,21). The summed E-state index contributed by atoms with van der Waals surface area (Å²) in [5.41, 5.74) is 0.555. The van der Waals surface area contributed by atoms with Gasteiger partial charge in [-0.05, 0) is 56.5 Å². The molecule has 1 aromatic rings. The van der Waals surface area contributed by atoms with E-state index < -0.39 is 5.97 Å². The van der Waals surface area contributed by atoms with Crippen LogP contribution in [-0.2, 0) is 4.79 Å². The summed E-state index contributed by atoms with van der Waals surface area (Å²) in [6.07, 6.45) is 3.66. The number of amides is 1. The topological polar surface area (TPSA) is 78.4 Å². The number of carbonyl (C=O) groups excluding carboxylic acids is 1. The third kappa shape index (κ3) is 4.72. The summed E-state index contributed by atoms with van der Waals surface area (Å²) in [6, 6.07) is 4.41. The number of hydrogen-bond donors (Lipinski definition) is 3. The first-order valence-corrected chi connectivity index (χ1v) is 7.47. The summed E-state index contributed by atoms with van der Waals surface area (Å²) in [7, 11) is 0. The average Bonchev–Trinajstić information content (AvgIpc) is 2.46. The van der Waals surface area contributed by atoms with Crippen molar-refractivity contribution >= 4 is 29.2 Å². The minimum Gasteiger partial charge on any atom is -0.478 e. The fourth-order valence-corrected chi connectivity index (χ4v) is 2.76. The Balaban J connectivity index is 1.84. The molecule has 0 spiro atoms. The molecule has 1 aliphatic heterocycles. The van der Waals surface area contributed by atoms with E-state index in [9.17, 15) is 9.59 Å². The Bertz CT molecular complexity index is 528. The maximum Gasteiger partial charge on any atom is 0.337 e. The summed E-state index contributed by atoms with van der Waals surface area (Å²) < 4.78 is 0. The number of aromatic carboxylic acids is 1. The van der Waals surface area contributed by atoms with Crippen LogP contribution in [0.15, 0.2) is 18.2 Å². The predicted octanol–water partition coefficient (Wildman–Crippen LogP) is 2.76. The molecule has 3 N–H and O–H groups in total. The highest BCUT2D eigenvalue weighted by Crippen LogP contribution is 2.22. The van der Waals surface area contributed by atoms with Gasteiger partial charge in [-0.2, -0.15) is 0 Å². The third-order valence-electron chi connectivity index (χ3n) is 3.66. The van der Waals surface area contributed by atoms with E-state index in [0.29, 0.717) is 18.0 Å². The van der Waals surface area contributed by atoms with E-state index in [1.807, 2.05) is 0 Å². The summed E-state index contributed by atoms with van der Waals surface area (Å²) in [5, 5.41) is 15.1. The minimum atomic E-state index is -1.08. The van der Waals surface area contributed by atoms with Gasteiger partial charge < -0.3 is 15.7 Å². The van der Waals surface area contributed by atoms with Gasteiger partial charge in [0.25, 0.3) is 0 Å². The van der Waals surface area contributed by atoms with E-state index in [2.05, 4.69) is 10.6 Å². The van der Waals surface area contributed by atoms with Gasteiger partial charge in [0.2, 0.25) is 5.91 Å². The number of carboxylic acids is 1. The number of piperidine rings is 1. The number of hydrogen-bond acceptors (Lipinski definition) is 3. The van der Waals surface area contributed by atoms with Gasteiger partial charge in [-0.1, -0.05) is 11.6 Å². The van der Waals surface area contributed by atoms with Crippen LogP contribution in [0.3, 0.4) is 0 Å². The van der Waals surface area contributed by atoms with Crippen molar-refractivity contribution in [1.29, 1.82) is 0 Å². The number of halogens is 1. The number of anilines is 1. The highest BCUT2D eigenvalue weighted by molar-refractivity contribution is 6.33. The smallest absolute Gasteiger partial charge is 0.337 e. The van der Waals surface area contributed by atoms with E-state index >= 15 is 0 Å². The van der Waals surface area contributed by atoms with Crippen LogP contribution in [0.5, 0.6) is 0 Å². The molecule has 1 unspecified atom stereocenters. The lowest BCUT2D eigenvalue weighted by Gasteiger charge is -2.22. The number of nitrogens with one attached hydrogen (secondary N) is 2. The van der Waals surface area contributed by atoms with E-state index in [4.69, 9.17) is 16.7 Å². The van der Waals surface area contributed by atoms with Crippen LogP contribution in [0, 0.1) is 5.92 Å².